The number of hydrogen-bond donors (Lipinski definition) is 0. The maximum absolute atomic E-state index is 10.9. The van der Waals surface area contributed by atoms with Gasteiger partial charge >= 0.3 is 5.97 Å². The second kappa shape index (κ2) is 4.62. The Labute approximate surface area is 93.3 Å². The normalized spacial score (nSPS) is 43.4. The summed E-state index contributed by atoms with van der Waals surface area (Å²) in [5.41, 5.74) is 0. The maximum Gasteiger partial charge on any atom is 0.303 e. The summed E-state index contributed by atoms with van der Waals surface area (Å²) in [5, 5.41) is -0.187. The predicted octanol–water partition coefficient (Wildman–Crippen LogP) is 2.33. The van der Waals surface area contributed by atoms with Crippen molar-refractivity contribution in [2.45, 2.75) is 44.9 Å². The molecular formula is C10H17BrO3. The highest BCUT2D eigenvalue weighted by Crippen LogP contribution is 2.34. The zero-order chi connectivity index (χ0) is 10.9. The van der Waals surface area contributed by atoms with Crippen LogP contribution in [0.25, 0.3) is 0 Å². The summed E-state index contributed by atoms with van der Waals surface area (Å²) in [7, 11) is 0. The van der Waals surface area contributed by atoms with E-state index >= 15 is 0 Å². The van der Waals surface area contributed by atoms with Crippen LogP contribution in [0.3, 0.4) is 0 Å². The molecule has 0 aromatic rings. The van der Waals surface area contributed by atoms with Gasteiger partial charge in [0.1, 0.15) is 11.1 Å². The molecule has 0 aliphatic carbocycles. The van der Waals surface area contributed by atoms with Crippen molar-refractivity contribution in [3.63, 3.8) is 0 Å². The second-order valence-corrected chi connectivity index (χ2v) is 4.89. The van der Waals surface area contributed by atoms with Crippen molar-refractivity contribution in [3.8, 4) is 0 Å². The van der Waals surface area contributed by atoms with E-state index in [1.54, 1.807) is 0 Å². The number of alkyl halides is 1. The van der Waals surface area contributed by atoms with E-state index in [1.807, 2.05) is 6.92 Å². The number of halogens is 1. The van der Waals surface area contributed by atoms with Gasteiger partial charge in [0.2, 0.25) is 0 Å². The first kappa shape index (κ1) is 12.0. The molecule has 14 heavy (non-hydrogen) atoms. The number of carbonyl (C=O) groups excluding carboxylic acids is 1. The average molecular weight is 265 g/mol. The largest absolute Gasteiger partial charge is 0.459 e. The Morgan fingerprint density at radius 2 is 1.86 bits per heavy atom. The van der Waals surface area contributed by atoms with Crippen molar-refractivity contribution in [2.24, 2.45) is 11.8 Å². The minimum Gasteiger partial charge on any atom is -0.459 e. The Balaban J connectivity index is 2.68. The second-order valence-electron chi connectivity index (χ2n) is 3.98. The Kier molecular flexibility index (Phi) is 3.95. The van der Waals surface area contributed by atoms with Crippen LogP contribution in [-0.2, 0) is 14.3 Å². The van der Waals surface area contributed by atoms with Gasteiger partial charge < -0.3 is 9.47 Å². The number of hydrogen-bond acceptors (Lipinski definition) is 3. The molecule has 82 valence electrons. The highest BCUT2D eigenvalue weighted by atomic mass is 79.9. The zero-order valence-corrected chi connectivity index (χ0v) is 10.6. The van der Waals surface area contributed by atoms with E-state index in [9.17, 15) is 4.79 Å². The molecule has 3 nitrogen and oxygen atoms in total. The molecule has 1 rings (SSSR count). The lowest BCUT2D eigenvalue weighted by Gasteiger charge is -2.40. The van der Waals surface area contributed by atoms with Gasteiger partial charge in [0, 0.05) is 12.8 Å². The minimum atomic E-state index is -0.253. The molecule has 0 bridgehead atoms. The van der Waals surface area contributed by atoms with Crippen LogP contribution in [0, 0.1) is 11.8 Å². The van der Waals surface area contributed by atoms with E-state index < -0.39 is 0 Å². The van der Waals surface area contributed by atoms with Gasteiger partial charge in [0.15, 0.2) is 0 Å². The Bertz CT molecular complexity index is 219. The third-order valence-electron chi connectivity index (χ3n) is 2.99. The van der Waals surface area contributed by atoms with Crippen LogP contribution in [0.1, 0.15) is 27.7 Å². The van der Waals surface area contributed by atoms with Gasteiger partial charge in [-0.15, -0.1) is 0 Å². The Morgan fingerprint density at radius 1 is 1.29 bits per heavy atom. The molecule has 2 unspecified atom stereocenters. The highest BCUT2D eigenvalue weighted by molar-refractivity contribution is 9.09. The van der Waals surface area contributed by atoms with Crippen molar-refractivity contribution in [1.82, 2.24) is 0 Å². The molecule has 5 atom stereocenters. The first-order valence-corrected chi connectivity index (χ1v) is 5.81. The smallest absolute Gasteiger partial charge is 0.303 e. The van der Waals surface area contributed by atoms with E-state index in [2.05, 4.69) is 29.8 Å². The SMILES string of the molecule is CC(=O)OC1[C@H](Br)OC(C)[C@H](C)[C@@H]1C. The number of carbonyl (C=O) groups is 1. The molecule has 0 aromatic heterocycles. The molecule has 1 aliphatic heterocycles. The molecule has 1 heterocycles. The third kappa shape index (κ3) is 2.48. The summed E-state index contributed by atoms with van der Waals surface area (Å²) < 4.78 is 10.8. The van der Waals surface area contributed by atoms with Crippen molar-refractivity contribution in [2.75, 3.05) is 0 Å². The molecule has 0 amide bonds. The van der Waals surface area contributed by atoms with Crippen molar-refractivity contribution in [1.29, 1.82) is 0 Å². The lowest BCUT2D eigenvalue weighted by atomic mass is 9.85. The van der Waals surface area contributed by atoms with Crippen LogP contribution in [0.15, 0.2) is 0 Å². The molecule has 0 N–H and O–H groups in total. The topological polar surface area (TPSA) is 35.5 Å². The van der Waals surface area contributed by atoms with Crippen LogP contribution in [0.4, 0.5) is 0 Å². The molecule has 0 aromatic carbocycles. The molecule has 4 heteroatoms. The number of esters is 1. The fourth-order valence-electron chi connectivity index (χ4n) is 1.72. The van der Waals surface area contributed by atoms with E-state index in [4.69, 9.17) is 9.47 Å². The van der Waals surface area contributed by atoms with E-state index in [1.165, 1.54) is 6.92 Å². The summed E-state index contributed by atoms with van der Waals surface area (Å²) in [6.45, 7) is 7.67. The summed E-state index contributed by atoms with van der Waals surface area (Å²) in [6.07, 6.45) is 0.0138. The van der Waals surface area contributed by atoms with Gasteiger partial charge in [-0.3, -0.25) is 4.79 Å². The third-order valence-corrected chi connectivity index (χ3v) is 3.73. The molecule has 0 spiro atoms. The van der Waals surface area contributed by atoms with E-state index in [0.717, 1.165) is 0 Å². The standard InChI is InChI=1S/C10H17BrO3/c1-5-6(2)9(14-8(4)12)10(11)13-7(5)3/h5-7,9-10H,1-4H3/t5-,6+,7?,9?,10-/m1/s1. The highest BCUT2D eigenvalue weighted by Gasteiger charge is 2.40. The Hall–Kier alpha value is -0.0900. The van der Waals surface area contributed by atoms with Gasteiger partial charge in [-0.2, -0.15) is 0 Å². The predicted molar refractivity (Wildman–Crippen MR) is 57.1 cm³/mol. The zero-order valence-electron chi connectivity index (χ0n) is 8.99. The van der Waals surface area contributed by atoms with Crippen molar-refractivity contribution >= 4 is 21.9 Å². The molecule has 1 fully saturated rings. The van der Waals surface area contributed by atoms with Crippen LogP contribution in [-0.4, -0.2) is 23.2 Å². The fourth-order valence-corrected chi connectivity index (χ4v) is 2.65. The monoisotopic (exact) mass is 264 g/mol. The number of rotatable bonds is 1. The lowest BCUT2D eigenvalue weighted by Crippen LogP contribution is -2.47. The minimum absolute atomic E-state index is 0.182. The number of ether oxygens (including phenoxy) is 2. The summed E-state index contributed by atoms with van der Waals surface area (Å²) >= 11 is 3.39. The van der Waals surface area contributed by atoms with Crippen LogP contribution in [0.2, 0.25) is 0 Å². The summed E-state index contributed by atoms with van der Waals surface area (Å²) in [4.78, 5) is 10.9. The van der Waals surface area contributed by atoms with E-state index in [0.29, 0.717) is 11.8 Å². The van der Waals surface area contributed by atoms with Gasteiger partial charge in [-0.05, 0) is 12.8 Å². The summed E-state index contributed by atoms with van der Waals surface area (Å²) in [6, 6.07) is 0. The molecule has 0 saturated carbocycles. The Morgan fingerprint density at radius 3 is 2.36 bits per heavy atom. The molecule has 1 saturated heterocycles. The summed E-state index contributed by atoms with van der Waals surface area (Å²) in [5.74, 6) is 0.455. The quantitative estimate of drug-likeness (QED) is 0.539. The van der Waals surface area contributed by atoms with E-state index in [-0.39, 0.29) is 23.2 Å². The average Bonchev–Trinajstić information content (AvgIpc) is 2.09. The van der Waals surface area contributed by atoms with Gasteiger partial charge in [0.05, 0.1) is 6.10 Å². The first-order valence-electron chi connectivity index (χ1n) is 4.90. The van der Waals surface area contributed by atoms with Crippen molar-refractivity contribution in [3.05, 3.63) is 0 Å². The van der Waals surface area contributed by atoms with Gasteiger partial charge in [0.25, 0.3) is 0 Å². The van der Waals surface area contributed by atoms with Crippen LogP contribution >= 0.6 is 15.9 Å². The molecule has 1 aliphatic rings. The van der Waals surface area contributed by atoms with Gasteiger partial charge in [-0.1, -0.05) is 29.8 Å². The van der Waals surface area contributed by atoms with Gasteiger partial charge in [-0.25, -0.2) is 0 Å². The lowest BCUT2D eigenvalue weighted by molar-refractivity contribution is -0.173. The van der Waals surface area contributed by atoms with Crippen molar-refractivity contribution < 1.29 is 14.3 Å². The maximum atomic E-state index is 10.9. The first-order chi connectivity index (χ1) is 6.43. The fraction of sp³-hybridized carbons (Fsp3) is 0.900. The van der Waals surface area contributed by atoms with Crippen LogP contribution < -0.4 is 0 Å². The molecular weight excluding hydrogens is 248 g/mol. The molecule has 0 radical (unpaired) electrons. The van der Waals surface area contributed by atoms with Crippen LogP contribution in [0.5, 0.6) is 0 Å².